The van der Waals surface area contributed by atoms with Crippen LogP contribution in [0.25, 0.3) is 0 Å². The molecule has 19 heavy (non-hydrogen) atoms. The molecule has 2 aliphatic heterocycles. The van der Waals surface area contributed by atoms with Crippen LogP contribution in [0.1, 0.15) is 25.7 Å². The number of carbonyl (C=O) groups excluding carboxylic acids is 1. The van der Waals surface area contributed by atoms with Gasteiger partial charge in [-0.2, -0.15) is 13.2 Å². The highest BCUT2D eigenvalue weighted by atomic mass is 19.4. The van der Waals surface area contributed by atoms with Crippen molar-refractivity contribution in [2.24, 2.45) is 11.8 Å². The third-order valence-electron chi connectivity index (χ3n) is 4.37. The van der Waals surface area contributed by atoms with Crippen molar-refractivity contribution in [2.75, 3.05) is 32.7 Å². The van der Waals surface area contributed by atoms with E-state index in [0.29, 0.717) is 19.0 Å². The summed E-state index contributed by atoms with van der Waals surface area (Å²) in [4.78, 5) is 14.5. The number of halogens is 3. The van der Waals surface area contributed by atoms with E-state index in [0.717, 1.165) is 38.9 Å². The first kappa shape index (κ1) is 14.6. The molecule has 2 rings (SSSR count). The second kappa shape index (κ2) is 6.11. The fourth-order valence-electron chi connectivity index (χ4n) is 3.05. The van der Waals surface area contributed by atoms with Gasteiger partial charge in [0.2, 0.25) is 6.41 Å². The van der Waals surface area contributed by atoms with Crippen molar-refractivity contribution in [1.82, 2.24) is 9.80 Å². The molecule has 0 saturated carbocycles. The molecule has 0 aromatic heterocycles. The highest BCUT2D eigenvalue weighted by Gasteiger charge is 2.41. The second-order valence-electron chi connectivity index (χ2n) is 5.70. The molecule has 0 aromatic rings. The van der Waals surface area contributed by atoms with Crippen LogP contribution in [0.5, 0.6) is 0 Å². The van der Waals surface area contributed by atoms with Gasteiger partial charge in [0, 0.05) is 19.6 Å². The lowest BCUT2D eigenvalue weighted by Crippen LogP contribution is -2.43. The molecule has 2 saturated heterocycles. The SMILES string of the molecule is O=CN1CCC(CN2CCC(C(F)(F)F)CC2)CC1. The van der Waals surface area contributed by atoms with E-state index in [1.165, 1.54) is 0 Å². The molecule has 3 nitrogen and oxygen atoms in total. The third-order valence-corrected chi connectivity index (χ3v) is 4.37. The standard InChI is InChI=1S/C13H21F3N2O/c14-13(15,16)12-3-7-17(8-4-12)9-11-1-5-18(10-19)6-2-11/h10-12H,1-9H2. The number of piperidine rings is 2. The average Bonchev–Trinajstić information content (AvgIpc) is 2.39. The van der Waals surface area contributed by atoms with Crippen molar-refractivity contribution in [3.63, 3.8) is 0 Å². The molecule has 0 aliphatic carbocycles. The highest BCUT2D eigenvalue weighted by molar-refractivity contribution is 5.47. The lowest BCUT2D eigenvalue weighted by atomic mass is 9.92. The summed E-state index contributed by atoms with van der Waals surface area (Å²) in [5.74, 6) is -0.584. The van der Waals surface area contributed by atoms with Crippen LogP contribution in [-0.4, -0.2) is 55.1 Å². The lowest BCUT2D eigenvalue weighted by molar-refractivity contribution is -0.185. The molecule has 0 aromatic carbocycles. The molecule has 6 heteroatoms. The van der Waals surface area contributed by atoms with Gasteiger partial charge in [-0.15, -0.1) is 0 Å². The minimum absolute atomic E-state index is 0.233. The first-order valence-corrected chi connectivity index (χ1v) is 6.97. The topological polar surface area (TPSA) is 23.6 Å². The Morgan fingerprint density at radius 1 is 1.00 bits per heavy atom. The van der Waals surface area contributed by atoms with Crippen LogP contribution >= 0.6 is 0 Å². The van der Waals surface area contributed by atoms with E-state index in [2.05, 4.69) is 4.90 Å². The second-order valence-corrected chi connectivity index (χ2v) is 5.70. The minimum atomic E-state index is -4.03. The van der Waals surface area contributed by atoms with Crippen LogP contribution in [0.3, 0.4) is 0 Å². The molecular weight excluding hydrogens is 257 g/mol. The van der Waals surface area contributed by atoms with Crippen molar-refractivity contribution in [1.29, 1.82) is 0 Å². The van der Waals surface area contributed by atoms with Gasteiger partial charge in [-0.3, -0.25) is 4.79 Å². The number of hydrogen-bond donors (Lipinski definition) is 0. The summed E-state index contributed by atoms with van der Waals surface area (Å²) in [6, 6.07) is 0. The van der Waals surface area contributed by atoms with Gasteiger partial charge < -0.3 is 9.80 Å². The van der Waals surface area contributed by atoms with E-state index in [1.807, 2.05) is 0 Å². The van der Waals surface area contributed by atoms with Crippen LogP contribution in [0, 0.1) is 11.8 Å². The molecule has 0 radical (unpaired) electrons. The number of rotatable bonds is 3. The summed E-state index contributed by atoms with van der Waals surface area (Å²) in [6.07, 6.45) is -0.740. The van der Waals surface area contributed by atoms with Gasteiger partial charge in [0.05, 0.1) is 5.92 Å². The summed E-state index contributed by atoms with van der Waals surface area (Å²) in [6.45, 7) is 3.56. The maximum Gasteiger partial charge on any atom is 0.391 e. The fourth-order valence-corrected chi connectivity index (χ4v) is 3.05. The van der Waals surface area contributed by atoms with Crippen molar-refractivity contribution >= 4 is 6.41 Å². The van der Waals surface area contributed by atoms with Crippen molar-refractivity contribution in [3.8, 4) is 0 Å². The summed E-state index contributed by atoms with van der Waals surface area (Å²) >= 11 is 0. The maximum atomic E-state index is 12.6. The van der Waals surface area contributed by atoms with Crippen LogP contribution < -0.4 is 0 Å². The largest absolute Gasteiger partial charge is 0.391 e. The van der Waals surface area contributed by atoms with Crippen LogP contribution in [0.4, 0.5) is 13.2 Å². The summed E-state index contributed by atoms with van der Waals surface area (Å²) in [5, 5.41) is 0. The quantitative estimate of drug-likeness (QED) is 0.738. The monoisotopic (exact) mass is 278 g/mol. The predicted molar refractivity (Wildman–Crippen MR) is 65.6 cm³/mol. The van der Waals surface area contributed by atoms with E-state index < -0.39 is 12.1 Å². The number of amides is 1. The smallest absolute Gasteiger partial charge is 0.345 e. The first-order valence-electron chi connectivity index (χ1n) is 6.97. The molecule has 0 bridgehead atoms. The van der Waals surface area contributed by atoms with Gasteiger partial charge in [-0.25, -0.2) is 0 Å². The summed E-state index contributed by atoms with van der Waals surface area (Å²) in [7, 11) is 0. The molecule has 110 valence electrons. The van der Waals surface area contributed by atoms with E-state index in [4.69, 9.17) is 0 Å². The lowest BCUT2D eigenvalue weighted by Gasteiger charge is -2.37. The van der Waals surface area contributed by atoms with E-state index in [9.17, 15) is 18.0 Å². The number of hydrogen-bond acceptors (Lipinski definition) is 2. The molecule has 1 amide bonds. The van der Waals surface area contributed by atoms with Gasteiger partial charge in [-0.1, -0.05) is 0 Å². The Bertz CT molecular complexity index is 293. The van der Waals surface area contributed by atoms with Gasteiger partial charge >= 0.3 is 6.18 Å². The van der Waals surface area contributed by atoms with Gasteiger partial charge in [-0.05, 0) is 44.7 Å². The Balaban J connectivity index is 1.70. The molecule has 0 N–H and O–H groups in total. The Kier molecular flexibility index (Phi) is 4.71. The van der Waals surface area contributed by atoms with Crippen molar-refractivity contribution in [2.45, 2.75) is 31.9 Å². The van der Waals surface area contributed by atoms with E-state index >= 15 is 0 Å². The molecule has 0 atom stereocenters. The maximum absolute atomic E-state index is 12.6. The minimum Gasteiger partial charge on any atom is -0.345 e. The molecule has 2 heterocycles. The van der Waals surface area contributed by atoms with Crippen LogP contribution in [-0.2, 0) is 4.79 Å². The number of nitrogens with zero attached hydrogens (tertiary/aromatic N) is 2. The summed E-state index contributed by atoms with van der Waals surface area (Å²) in [5.41, 5.74) is 0. The Morgan fingerprint density at radius 2 is 1.58 bits per heavy atom. The molecule has 0 spiro atoms. The van der Waals surface area contributed by atoms with Crippen molar-refractivity contribution < 1.29 is 18.0 Å². The third kappa shape index (κ3) is 4.09. The average molecular weight is 278 g/mol. The Morgan fingerprint density at radius 3 is 2.05 bits per heavy atom. The number of likely N-dealkylation sites (tertiary alicyclic amines) is 2. The van der Waals surface area contributed by atoms with E-state index in [-0.39, 0.29) is 12.8 Å². The summed E-state index contributed by atoms with van der Waals surface area (Å²) < 4.78 is 37.7. The van der Waals surface area contributed by atoms with Crippen LogP contribution in [0.2, 0.25) is 0 Å². The van der Waals surface area contributed by atoms with Gasteiger partial charge in [0.15, 0.2) is 0 Å². The Labute approximate surface area is 111 Å². The molecule has 2 aliphatic rings. The van der Waals surface area contributed by atoms with Gasteiger partial charge in [0.25, 0.3) is 0 Å². The molecular formula is C13H21F3N2O. The van der Waals surface area contributed by atoms with Gasteiger partial charge in [0.1, 0.15) is 0 Å². The fraction of sp³-hybridized carbons (Fsp3) is 0.923. The zero-order valence-electron chi connectivity index (χ0n) is 11.0. The van der Waals surface area contributed by atoms with Crippen LogP contribution in [0.15, 0.2) is 0 Å². The predicted octanol–water partition coefficient (Wildman–Crippen LogP) is 2.13. The Hall–Kier alpha value is -0.780. The number of alkyl halides is 3. The molecule has 2 fully saturated rings. The van der Waals surface area contributed by atoms with Crippen molar-refractivity contribution in [3.05, 3.63) is 0 Å². The number of carbonyl (C=O) groups is 1. The highest BCUT2D eigenvalue weighted by Crippen LogP contribution is 2.34. The zero-order valence-corrected chi connectivity index (χ0v) is 11.0. The first-order chi connectivity index (χ1) is 8.99. The zero-order chi connectivity index (χ0) is 13.9. The molecule has 0 unspecified atom stereocenters. The normalized spacial score (nSPS) is 24.7. The van der Waals surface area contributed by atoms with E-state index in [1.54, 1.807) is 4.90 Å².